The van der Waals surface area contributed by atoms with Crippen LogP contribution in [0, 0.1) is 18.3 Å². The number of amides is 1. The van der Waals surface area contributed by atoms with Crippen LogP contribution < -0.4 is 5.32 Å². The van der Waals surface area contributed by atoms with E-state index in [0.29, 0.717) is 24.4 Å². The number of aliphatic imine (C=N–C) groups is 1. The minimum absolute atomic E-state index is 0.461. The lowest BCUT2D eigenvalue weighted by molar-refractivity contribution is -0.108. The van der Waals surface area contributed by atoms with E-state index in [4.69, 9.17) is 5.26 Å². The van der Waals surface area contributed by atoms with Gasteiger partial charge in [0.05, 0.1) is 24.0 Å². The van der Waals surface area contributed by atoms with Crippen LogP contribution in [0.5, 0.6) is 0 Å². The highest BCUT2D eigenvalue weighted by Gasteiger charge is 1.97. The molecule has 0 aliphatic carbocycles. The van der Waals surface area contributed by atoms with Gasteiger partial charge < -0.3 is 5.32 Å². The highest BCUT2D eigenvalue weighted by atomic mass is 16.1. The van der Waals surface area contributed by atoms with E-state index in [1.165, 1.54) is 0 Å². The molecule has 0 unspecified atom stereocenters. The maximum Gasteiger partial charge on any atom is 0.212 e. The molecule has 1 amide bonds. The third-order valence-corrected chi connectivity index (χ3v) is 2.03. The summed E-state index contributed by atoms with van der Waals surface area (Å²) < 4.78 is 0. The van der Waals surface area contributed by atoms with E-state index in [9.17, 15) is 4.79 Å². The van der Waals surface area contributed by atoms with Gasteiger partial charge in [-0.15, -0.1) is 0 Å². The molecule has 82 valence electrons. The highest BCUT2D eigenvalue weighted by Crippen LogP contribution is 2.09. The molecule has 0 aliphatic heterocycles. The predicted octanol–water partition coefficient (Wildman–Crippen LogP) is 1.53. The molecule has 0 aromatic heterocycles. The Balaban J connectivity index is 2.82. The summed E-state index contributed by atoms with van der Waals surface area (Å²) >= 11 is 0. The third kappa shape index (κ3) is 3.54. The number of amidine groups is 1. The van der Waals surface area contributed by atoms with Crippen molar-refractivity contribution in [1.82, 2.24) is 5.32 Å². The Morgan fingerprint density at radius 2 is 2.31 bits per heavy atom. The topological polar surface area (TPSA) is 65.2 Å². The van der Waals surface area contributed by atoms with Crippen LogP contribution in [0.25, 0.3) is 0 Å². The number of carbonyl (C=O) groups excluding carboxylic acids is 1. The number of nitrogens with one attached hydrogen (secondary N) is 1. The maximum absolute atomic E-state index is 10.1. The highest BCUT2D eigenvalue weighted by molar-refractivity contribution is 5.88. The number of nitrogens with zero attached hydrogens (tertiary/aromatic N) is 2. The minimum Gasteiger partial charge on any atom is -0.317 e. The van der Waals surface area contributed by atoms with E-state index in [1.54, 1.807) is 13.0 Å². The van der Waals surface area contributed by atoms with Crippen LogP contribution >= 0.6 is 0 Å². The van der Waals surface area contributed by atoms with E-state index in [0.717, 1.165) is 11.1 Å². The van der Waals surface area contributed by atoms with E-state index >= 15 is 0 Å². The standard InChI is InChI=1S/C12H13N3O/c1-9-3-11(6-13)5-12(4-9)7-14-10(2)15-8-16/h3-5,8H,7H2,1-2H3,(H,14,15,16). The Morgan fingerprint density at radius 3 is 2.94 bits per heavy atom. The molecule has 0 heterocycles. The van der Waals surface area contributed by atoms with Crippen molar-refractivity contribution in [3.8, 4) is 6.07 Å². The molecule has 1 aromatic carbocycles. The molecular weight excluding hydrogens is 202 g/mol. The number of nitriles is 1. The first kappa shape index (κ1) is 11.9. The molecule has 0 saturated carbocycles. The van der Waals surface area contributed by atoms with Gasteiger partial charge in [-0.1, -0.05) is 6.07 Å². The Kier molecular flexibility index (Phi) is 4.22. The normalized spacial score (nSPS) is 10.7. The van der Waals surface area contributed by atoms with Crippen molar-refractivity contribution in [3.05, 3.63) is 34.9 Å². The first-order valence-electron chi connectivity index (χ1n) is 4.87. The smallest absolute Gasteiger partial charge is 0.212 e. The summed E-state index contributed by atoms with van der Waals surface area (Å²) in [6.07, 6.45) is 0.593. The molecular formula is C12H13N3O. The van der Waals surface area contributed by atoms with E-state index in [2.05, 4.69) is 16.4 Å². The molecule has 0 aliphatic rings. The van der Waals surface area contributed by atoms with Crippen LogP contribution in [0.4, 0.5) is 0 Å². The summed E-state index contributed by atoms with van der Waals surface area (Å²) in [6, 6.07) is 7.69. The van der Waals surface area contributed by atoms with E-state index in [1.807, 2.05) is 19.1 Å². The fourth-order valence-corrected chi connectivity index (χ4v) is 1.36. The molecule has 16 heavy (non-hydrogen) atoms. The van der Waals surface area contributed by atoms with Gasteiger partial charge in [0.2, 0.25) is 6.41 Å². The van der Waals surface area contributed by atoms with Gasteiger partial charge in [0, 0.05) is 0 Å². The van der Waals surface area contributed by atoms with Crippen LogP contribution in [-0.4, -0.2) is 12.2 Å². The van der Waals surface area contributed by atoms with Gasteiger partial charge in [-0.3, -0.25) is 9.79 Å². The average Bonchev–Trinajstić information content (AvgIpc) is 2.26. The second-order valence-electron chi connectivity index (χ2n) is 3.48. The SMILES string of the molecule is CC(=NCc1cc(C)cc(C#N)c1)NC=O. The molecule has 0 bridgehead atoms. The van der Waals surface area contributed by atoms with Gasteiger partial charge >= 0.3 is 0 Å². The van der Waals surface area contributed by atoms with Gasteiger partial charge in [-0.05, 0) is 37.1 Å². The van der Waals surface area contributed by atoms with Gasteiger partial charge in [-0.2, -0.15) is 5.26 Å². The Hall–Kier alpha value is -2.15. The molecule has 0 radical (unpaired) electrons. The van der Waals surface area contributed by atoms with Crippen molar-refractivity contribution < 1.29 is 4.79 Å². The minimum atomic E-state index is 0.461. The van der Waals surface area contributed by atoms with Crippen LogP contribution in [0.15, 0.2) is 23.2 Å². The second kappa shape index (κ2) is 5.66. The molecule has 0 atom stereocenters. The molecule has 1 rings (SSSR count). The fraction of sp³-hybridized carbons (Fsp3) is 0.250. The predicted molar refractivity (Wildman–Crippen MR) is 61.9 cm³/mol. The van der Waals surface area contributed by atoms with Crippen molar-refractivity contribution in [2.45, 2.75) is 20.4 Å². The van der Waals surface area contributed by atoms with Gasteiger partial charge in [0.15, 0.2) is 0 Å². The number of aryl methyl sites for hydroxylation is 1. The molecule has 0 fully saturated rings. The lowest BCUT2D eigenvalue weighted by atomic mass is 10.1. The van der Waals surface area contributed by atoms with E-state index in [-0.39, 0.29) is 0 Å². The summed E-state index contributed by atoms with van der Waals surface area (Å²) in [4.78, 5) is 14.3. The van der Waals surface area contributed by atoms with Crippen LogP contribution in [0.2, 0.25) is 0 Å². The Morgan fingerprint density at radius 1 is 1.56 bits per heavy atom. The Labute approximate surface area is 94.6 Å². The largest absolute Gasteiger partial charge is 0.317 e. The number of benzene rings is 1. The summed E-state index contributed by atoms with van der Waals surface area (Å²) in [5.41, 5.74) is 2.63. The second-order valence-corrected chi connectivity index (χ2v) is 3.48. The lowest BCUT2D eigenvalue weighted by Gasteiger charge is -2.02. The summed E-state index contributed by atoms with van der Waals surface area (Å²) in [6.45, 7) is 4.11. The average molecular weight is 215 g/mol. The molecule has 1 N–H and O–H groups in total. The quantitative estimate of drug-likeness (QED) is 0.472. The van der Waals surface area contributed by atoms with E-state index < -0.39 is 0 Å². The Bertz CT molecular complexity index is 458. The van der Waals surface area contributed by atoms with Crippen LogP contribution in [-0.2, 0) is 11.3 Å². The van der Waals surface area contributed by atoms with Gasteiger partial charge in [0.1, 0.15) is 0 Å². The van der Waals surface area contributed by atoms with Crippen molar-refractivity contribution in [3.63, 3.8) is 0 Å². The molecule has 4 nitrogen and oxygen atoms in total. The van der Waals surface area contributed by atoms with Gasteiger partial charge in [0.25, 0.3) is 0 Å². The molecule has 0 spiro atoms. The first-order chi connectivity index (χ1) is 7.65. The molecule has 4 heteroatoms. The number of rotatable bonds is 3. The van der Waals surface area contributed by atoms with Crippen molar-refractivity contribution in [2.24, 2.45) is 4.99 Å². The zero-order chi connectivity index (χ0) is 12.0. The van der Waals surface area contributed by atoms with Crippen molar-refractivity contribution >= 4 is 12.2 Å². The number of hydrogen-bond donors (Lipinski definition) is 1. The summed E-state index contributed by atoms with van der Waals surface area (Å²) in [7, 11) is 0. The first-order valence-corrected chi connectivity index (χ1v) is 4.87. The maximum atomic E-state index is 10.1. The molecule has 0 saturated heterocycles. The summed E-state index contributed by atoms with van der Waals surface area (Å²) in [5.74, 6) is 0.565. The van der Waals surface area contributed by atoms with Crippen molar-refractivity contribution in [2.75, 3.05) is 0 Å². The van der Waals surface area contributed by atoms with Crippen LogP contribution in [0.3, 0.4) is 0 Å². The third-order valence-electron chi connectivity index (χ3n) is 2.03. The summed E-state index contributed by atoms with van der Waals surface area (Å²) in [5, 5.41) is 11.3. The van der Waals surface area contributed by atoms with Crippen molar-refractivity contribution in [1.29, 1.82) is 5.26 Å². The molecule has 1 aromatic rings. The number of hydrogen-bond acceptors (Lipinski definition) is 3. The van der Waals surface area contributed by atoms with Gasteiger partial charge in [-0.25, -0.2) is 0 Å². The lowest BCUT2D eigenvalue weighted by Crippen LogP contribution is -2.17. The monoisotopic (exact) mass is 215 g/mol. The fourth-order valence-electron chi connectivity index (χ4n) is 1.36. The van der Waals surface area contributed by atoms with Crippen LogP contribution in [0.1, 0.15) is 23.6 Å². The zero-order valence-electron chi connectivity index (χ0n) is 9.32. The number of carbonyl (C=O) groups is 1. The zero-order valence-corrected chi connectivity index (χ0v) is 9.32.